The second-order valence-electron chi connectivity index (χ2n) is 15.7. The minimum atomic E-state index is -0.0918. The van der Waals surface area contributed by atoms with Crippen molar-refractivity contribution < 1.29 is 9.13 Å². The van der Waals surface area contributed by atoms with Crippen LogP contribution in [0, 0.1) is 69.2 Å². The average Bonchev–Trinajstić information content (AvgIpc) is 3.67. The highest BCUT2D eigenvalue weighted by atomic mass is 15.2. The van der Waals surface area contributed by atoms with Gasteiger partial charge in [0.1, 0.15) is 33.9 Å². The number of pyridine rings is 3. The molecular formula is C45H61N5+2. The SMILES string of the molecule is C.C.CC1=C(C)C(C)(C)[n+]2c(C)c3c(C)c(C)c(C)c(C)n3c21.Cc1c(C)c(C)n2c3[n+](c(C)c2c1C)C(C)(C)c1cc2cccnc2cc1-3. The fraction of sp³-hybridized carbons (Fsp3) is 0.444. The molecule has 0 aliphatic carbocycles. The summed E-state index contributed by atoms with van der Waals surface area (Å²) in [5, 5.41) is 1.21. The smallest absolute Gasteiger partial charge is 0.256 e. The van der Waals surface area contributed by atoms with Crippen LogP contribution >= 0.6 is 0 Å². The molecule has 5 aromatic heterocycles. The summed E-state index contributed by atoms with van der Waals surface area (Å²) in [5.41, 5.74) is 23.2. The van der Waals surface area contributed by atoms with Gasteiger partial charge in [-0.3, -0.25) is 4.98 Å². The molecule has 8 rings (SSSR count). The molecule has 0 unspecified atom stereocenters. The highest BCUT2D eigenvalue weighted by Gasteiger charge is 2.47. The Hall–Kier alpha value is -4.25. The Bertz CT molecular complexity index is 2460. The van der Waals surface area contributed by atoms with Gasteiger partial charge in [-0.05, 0) is 143 Å². The quantitative estimate of drug-likeness (QED) is 0.148. The van der Waals surface area contributed by atoms with Crippen LogP contribution in [0.2, 0.25) is 0 Å². The van der Waals surface area contributed by atoms with Gasteiger partial charge in [0.15, 0.2) is 11.0 Å². The van der Waals surface area contributed by atoms with Crippen molar-refractivity contribution in [1.82, 2.24) is 13.8 Å². The summed E-state index contributed by atoms with van der Waals surface area (Å²) in [6, 6.07) is 8.79. The van der Waals surface area contributed by atoms with Crippen LogP contribution < -0.4 is 9.13 Å². The summed E-state index contributed by atoms with van der Waals surface area (Å²) in [4.78, 5) is 4.62. The highest BCUT2D eigenvalue weighted by Crippen LogP contribution is 2.43. The molecule has 2 aliphatic heterocycles. The first-order valence-electron chi connectivity index (χ1n) is 17.5. The van der Waals surface area contributed by atoms with E-state index in [9.17, 15) is 0 Å². The number of nitrogens with zero attached hydrogens (tertiary/aromatic N) is 5. The number of aryl methyl sites for hydroxylation is 6. The highest BCUT2D eigenvalue weighted by molar-refractivity contribution is 5.87. The largest absolute Gasteiger partial charge is 0.295 e. The van der Waals surface area contributed by atoms with Crippen molar-refractivity contribution >= 4 is 27.5 Å². The van der Waals surface area contributed by atoms with Gasteiger partial charge in [-0.2, -0.15) is 8.80 Å². The van der Waals surface area contributed by atoms with Crippen molar-refractivity contribution in [3.63, 3.8) is 0 Å². The van der Waals surface area contributed by atoms with E-state index in [0.29, 0.717) is 0 Å². The summed E-state index contributed by atoms with van der Waals surface area (Å²) in [6.45, 7) is 36.4. The van der Waals surface area contributed by atoms with Gasteiger partial charge in [-0.1, -0.05) is 20.9 Å². The third-order valence-corrected chi connectivity index (χ3v) is 12.9. The topological polar surface area (TPSA) is 29.5 Å². The molecule has 0 radical (unpaired) electrons. The van der Waals surface area contributed by atoms with Crippen molar-refractivity contribution in [3.8, 4) is 11.4 Å². The predicted molar refractivity (Wildman–Crippen MR) is 213 cm³/mol. The molecule has 264 valence electrons. The Kier molecular flexibility index (Phi) is 8.62. The number of hydrogen-bond donors (Lipinski definition) is 0. The Morgan fingerprint density at radius 1 is 0.580 bits per heavy atom. The summed E-state index contributed by atoms with van der Waals surface area (Å²) in [6.07, 6.45) is 1.88. The minimum absolute atomic E-state index is 0. The lowest BCUT2D eigenvalue weighted by atomic mass is 9.91. The number of imidazole rings is 2. The molecule has 7 heterocycles. The first-order chi connectivity index (χ1) is 22.4. The number of allylic oxidation sites excluding steroid dienone is 2. The van der Waals surface area contributed by atoms with Gasteiger partial charge in [-0.15, -0.1) is 0 Å². The zero-order chi connectivity index (χ0) is 35.1. The second-order valence-corrected chi connectivity index (χ2v) is 15.7. The lowest BCUT2D eigenvalue weighted by Gasteiger charge is -2.19. The number of hydrogen-bond acceptors (Lipinski definition) is 1. The fourth-order valence-electron chi connectivity index (χ4n) is 9.26. The van der Waals surface area contributed by atoms with E-state index in [4.69, 9.17) is 0 Å². The van der Waals surface area contributed by atoms with Gasteiger partial charge in [0, 0.05) is 47.7 Å². The molecule has 0 spiro atoms. The van der Waals surface area contributed by atoms with Crippen LogP contribution in [0.5, 0.6) is 0 Å². The van der Waals surface area contributed by atoms with Crippen LogP contribution in [-0.4, -0.2) is 13.8 Å². The van der Waals surface area contributed by atoms with E-state index in [1.807, 2.05) is 12.3 Å². The lowest BCUT2D eigenvalue weighted by Crippen LogP contribution is -2.52. The van der Waals surface area contributed by atoms with E-state index in [1.165, 1.54) is 106 Å². The average molecular weight is 672 g/mol. The Balaban J connectivity index is 0.000000193. The Morgan fingerprint density at radius 2 is 1.06 bits per heavy atom. The van der Waals surface area contributed by atoms with Crippen LogP contribution in [0.4, 0.5) is 0 Å². The minimum Gasteiger partial charge on any atom is -0.256 e. The van der Waals surface area contributed by atoms with Gasteiger partial charge < -0.3 is 0 Å². The van der Waals surface area contributed by atoms with E-state index < -0.39 is 0 Å². The zero-order valence-corrected chi connectivity index (χ0v) is 32.1. The molecule has 2 aliphatic rings. The van der Waals surface area contributed by atoms with Crippen molar-refractivity contribution in [2.75, 3.05) is 0 Å². The van der Waals surface area contributed by atoms with Crippen LogP contribution in [0.1, 0.15) is 124 Å². The molecule has 0 amide bonds. The summed E-state index contributed by atoms with van der Waals surface area (Å²) < 4.78 is 10.0. The first kappa shape index (κ1) is 37.0. The molecule has 0 fully saturated rings. The van der Waals surface area contributed by atoms with Gasteiger partial charge in [0.05, 0.1) is 11.1 Å². The normalized spacial score (nSPS) is 15.1. The van der Waals surface area contributed by atoms with Crippen LogP contribution in [0.25, 0.3) is 38.9 Å². The zero-order valence-electron chi connectivity index (χ0n) is 32.1. The first-order valence-corrected chi connectivity index (χ1v) is 17.5. The Morgan fingerprint density at radius 3 is 1.58 bits per heavy atom. The van der Waals surface area contributed by atoms with Gasteiger partial charge >= 0.3 is 0 Å². The number of fused-ring (bicyclic) bond motifs is 9. The maximum Gasteiger partial charge on any atom is 0.295 e. The van der Waals surface area contributed by atoms with Gasteiger partial charge in [-0.25, -0.2) is 9.13 Å². The fourth-order valence-corrected chi connectivity index (χ4v) is 9.26. The van der Waals surface area contributed by atoms with Gasteiger partial charge in [0.25, 0.3) is 11.6 Å². The maximum absolute atomic E-state index is 4.62. The van der Waals surface area contributed by atoms with Crippen LogP contribution in [-0.2, 0) is 11.1 Å². The number of benzene rings is 1. The van der Waals surface area contributed by atoms with E-state index in [0.717, 1.165) is 5.52 Å². The molecular weight excluding hydrogens is 611 g/mol. The predicted octanol–water partition coefficient (Wildman–Crippen LogP) is 10.7. The molecule has 5 heteroatoms. The van der Waals surface area contributed by atoms with E-state index in [2.05, 4.69) is 152 Å². The third kappa shape index (κ3) is 4.40. The van der Waals surface area contributed by atoms with E-state index in [1.54, 1.807) is 0 Å². The third-order valence-electron chi connectivity index (χ3n) is 12.9. The molecule has 0 atom stereocenters. The molecule has 0 saturated carbocycles. The van der Waals surface area contributed by atoms with Crippen molar-refractivity contribution in [1.29, 1.82) is 0 Å². The molecule has 0 bridgehead atoms. The van der Waals surface area contributed by atoms with Crippen molar-refractivity contribution in [2.45, 2.75) is 137 Å². The van der Waals surface area contributed by atoms with Crippen molar-refractivity contribution in [3.05, 3.63) is 104 Å². The molecule has 6 aromatic rings. The van der Waals surface area contributed by atoms with Gasteiger partial charge in [0.2, 0.25) is 0 Å². The molecule has 50 heavy (non-hydrogen) atoms. The molecule has 1 aromatic carbocycles. The monoisotopic (exact) mass is 671 g/mol. The summed E-state index contributed by atoms with van der Waals surface area (Å²) >= 11 is 0. The molecule has 0 N–H and O–H groups in total. The van der Waals surface area contributed by atoms with E-state index in [-0.39, 0.29) is 25.9 Å². The standard InChI is InChI=1S/C24H26N3.C19H27N2.2CH4/c1-13-14(2)16(4)26-22(15(13)3)17(5)27-23(26)19-12-21-18(9-8-10-25-21)11-20(19)24(27,6)7;1-10-11(2)15(6)20-17(12(10)3)16(7)21-18(20)13(4)14(5)19(21,8)9;;/h8-12H,1-7H3;1-9H3;2*1H4/q2*+1;;. The summed E-state index contributed by atoms with van der Waals surface area (Å²) in [5.74, 6) is 2.66. The maximum atomic E-state index is 4.62. The molecule has 5 nitrogen and oxygen atoms in total. The number of aromatic nitrogens is 5. The van der Waals surface area contributed by atoms with Crippen LogP contribution in [0.3, 0.4) is 0 Å². The lowest BCUT2D eigenvalue weighted by molar-refractivity contribution is -0.748. The molecule has 0 saturated heterocycles. The summed E-state index contributed by atoms with van der Waals surface area (Å²) in [7, 11) is 0. The van der Waals surface area contributed by atoms with E-state index >= 15 is 0 Å². The number of rotatable bonds is 0. The van der Waals surface area contributed by atoms with Crippen molar-refractivity contribution in [2.24, 2.45) is 0 Å². The van der Waals surface area contributed by atoms with Crippen LogP contribution in [0.15, 0.2) is 36.0 Å². The second kappa shape index (κ2) is 11.6. The Labute approximate surface area is 301 Å².